The summed E-state index contributed by atoms with van der Waals surface area (Å²) in [7, 11) is -0.729. The summed E-state index contributed by atoms with van der Waals surface area (Å²) < 4.78 is 16.0. The van der Waals surface area contributed by atoms with Crippen molar-refractivity contribution in [3.8, 4) is 0 Å². The van der Waals surface area contributed by atoms with E-state index in [1.165, 1.54) is 0 Å². The van der Waals surface area contributed by atoms with Crippen LogP contribution in [0.3, 0.4) is 0 Å². The maximum absolute atomic E-state index is 11.0. The summed E-state index contributed by atoms with van der Waals surface area (Å²) in [6, 6.07) is 0.821. The van der Waals surface area contributed by atoms with Crippen LogP contribution in [0.25, 0.3) is 0 Å². The van der Waals surface area contributed by atoms with Crippen molar-refractivity contribution in [1.29, 1.82) is 0 Å². The first kappa shape index (κ1) is 14.3. The Labute approximate surface area is 92.5 Å². The minimum Gasteiger partial charge on any atom is -0.461 e. The number of carbonyl (C=O) groups is 1. The monoisotopic (exact) mass is 232 g/mol. The normalized spacial score (nSPS) is 14.3. The maximum atomic E-state index is 11.0. The average Bonchev–Trinajstić information content (AvgIpc) is 2.26. The van der Waals surface area contributed by atoms with Gasteiger partial charge in [-0.1, -0.05) is 19.9 Å². The molecule has 0 spiro atoms. The van der Waals surface area contributed by atoms with Gasteiger partial charge in [0.05, 0.1) is 0 Å². The molecule has 0 heterocycles. The molecule has 0 saturated heterocycles. The largest absolute Gasteiger partial charge is 0.461 e. The minimum absolute atomic E-state index is 0.232. The van der Waals surface area contributed by atoms with E-state index in [-0.39, 0.29) is 6.23 Å². The molecule has 0 aromatic heterocycles. The zero-order chi connectivity index (χ0) is 11.7. The highest BCUT2D eigenvalue weighted by molar-refractivity contribution is 6.67. The van der Waals surface area contributed by atoms with Crippen LogP contribution in [-0.2, 0) is 18.4 Å². The lowest BCUT2D eigenvalue weighted by Gasteiger charge is -2.27. The van der Waals surface area contributed by atoms with Crippen LogP contribution in [0.2, 0.25) is 6.04 Å². The van der Waals surface area contributed by atoms with E-state index < -0.39 is 14.5 Å². The fourth-order valence-electron chi connectivity index (χ4n) is 1.29. The molecule has 1 atom stereocenters. The first-order valence-electron chi connectivity index (χ1n) is 5.12. The van der Waals surface area contributed by atoms with Crippen LogP contribution in [0.4, 0.5) is 0 Å². The van der Waals surface area contributed by atoms with E-state index in [0.29, 0.717) is 6.61 Å². The lowest BCUT2D eigenvalue weighted by atomic mass is 10.6. The highest BCUT2D eigenvalue weighted by atomic mass is 28.4. The molecule has 1 unspecified atom stereocenters. The van der Waals surface area contributed by atoms with Gasteiger partial charge in [0, 0.05) is 19.8 Å². The topological polar surface area (TPSA) is 44.8 Å². The molecule has 4 nitrogen and oxygen atoms in total. The number of ether oxygens (including phenoxy) is 1. The first-order valence-corrected chi connectivity index (χ1v) is 7.35. The molecule has 0 aromatic carbocycles. The standard InChI is InChI=1S/C10H20O4Si/c1-5-8-15(12-4,14-7-3)9-13-10(11)6-2/h6H,2,5,7-9H2,1,3-4H3. The summed E-state index contributed by atoms with van der Waals surface area (Å²) in [5.41, 5.74) is 0. The molecule has 0 rings (SSSR count). The van der Waals surface area contributed by atoms with Crippen molar-refractivity contribution in [3.05, 3.63) is 12.7 Å². The Hall–Kier alpha value is -0.653. The molecule has 0 saturated carbocycles. The number of carbonyl (C=O) groups excluding carboxylic acids is 1. The van der Waals surface area contributed by atoms with E-state index in [1.54, 1.807) is 7.11 Å². The zero-order valence-electron chi connectivity index (χ0n) is 9.75. The summed E-state index contributed by atoms with van der Waals surface area (Å²) in [6.07, 6.45) is 2.33. The van der Waals surface area contributed by atoms with Crippen LogP contribution in [-0.4, -0.2) is 34.5 Å². The third-order valence-electron chi connectivity index (χ3n) is 2.01. The van der Waals surface area contributed by atoms with Crippen molar-refractivity contribution < 1.29 is 18.4 Å². The maximum Gasteiger partial charge on any atom is 0.376 e. The number of rotatable bonds is 8. The van der Waals surface area contributed by atoms with Gasteiger partial charge < -0.3 is 13.6 Å². The van der Waals surface area contributed by atoms with E-state index >= 15 is 0 Å². The van der Waals surface area contributed by atoms with Gasteiger partial charge >= 0.3 is 14.5 Å². The molecule has 0 bridgehead atoms. The van der Waals surface area contributed by atoms with Crippen molar-refractivity contribution in [3.63, 3.8) is 0 Å². The van der Waals surface area contributed by atoms with Gasteiger partial charge in [0.1, 0.15) is 6.23 Å². The molecular weight excluding hydrogens is 212 g/mol. The van der Waals surface area contributed by atoms with Gasteiger partial charge in [-0.2, -0.15) is 0 Å². The van der Waals surface area contributed by atoms with Crippen LogP contribution >= 0.6 is 0 Å². The molecule has 0 radical (unpaired) electrons. The van der Waals surface area contributed by atoms with Gasteiger partial charge in [-0.05, 0) is 13.0 Å². The highest BCUT2D eigenvalue weighted by Gasteiger charge is 2.37. The molecular formula is C10H20O4Si. The summed E-state index contributed by atoms with van der Waals surface area (Å²) in [5.74, 6) is -0.431. The second kappa shape index (κ2) is 7.61. The van der Waals surface area contributed by atoms with E-state index in [4.69, 9.17) is 13.6 Å². The Kier molecular flexibility index (Phi) is 7.28. The zero-order valence-corrected chi connectivity index (χ0v) is 10.7. The molecule has 5 heteroatoms. The smallest absolute Gasteiger partial charge is 0.376 e. The minimum atomic E-state index is -2.34. The number of hydrogen-bond donors (Lipinski definition) is 0. The molecule has 0 N–H and O–H groups in total. The number of hydrogen-bond acceptors (Lipinski definition) is 4. The second-order valence-electron chi connectivity index (χ2n) is 3.11. The van der Waals surface area contributed by atoms with Crippen LogP contribution in [0.15, 0.2) is 12.7 Å². The van der Waals surface area contributed by atoms with Gasteiger partial charge in [-0.3, -0.25) is 0 Å². The molecule has 0 aliphatic rings. The van der Waals surface area contributed by atoms with Crippen molar-refractivity contribution in [2.75, 3.05) is 19.9 Å². The van der Waals surface area contributed by atoms with E-state index in [9.17, 15) is 4.79 Å². The third-order valence-corrected chi connectivity index (χ3v) is 5.42. The fourth-order valence-corrected chi connectivity index (χ4v) is 3.75. The second-order valence-corrected chi connectivity index (χ2v) is 6.42. The lowest BCUT2D eigenvalue weighted by Crippen LogP contribution is -2.47. The highest BCUT2D eigenvalue weighted by Crippen LogP contribution is 2.15. The van der Waals surface area contributed by atoms with Gasteiger partial charge in [0.25, 0.3) is 0 Å². The molecule has 0 amide bonds. The van der Waals surface area contributed by atoms with Gasteiger partial charge in [-0.25, -0.2) is 4.79 Å². The SMILES string of the molecule is C=CC(=O)OC[Si](CCC)(OC)OCC. The van der Waals surface area contributed by atoms with Crippen LogP contribution in [0.1, 0.15) is 20.3 Å². The summed E-state index contributed by atoms with van der Waals surface area (Å²) in [4.78, 5) is 11.0. The van der Waals surface area contributed by atoms with Gasteiger partial charge in [-0.15, -0.1) is 0 Å². The molecule has 0 aromatic rings. The molecule has 0 aliphatic carbocycles. The van der Waals surface area contributed by atoms with Crippen LogP contribution in [0, 0.1) is 0 Å². The summed E-state index contributed by atoms with van der Waals surface area (Å²) in [6.45, 7) is 7.87. The van der Waals surface area contributed by atoms with E-state index in [2.05, 4.69) is 13.5 Å². The number of esters is 1. The van der Waals surface area contributed by atoms with E-state index in [0.717, 1.165) is 18.5 Å². The Bertz CT molecular complexity index is 200. The molecule has 0 fully saturated rings. The Morgan fingerprint density at radius 3 is 2.53 bits per heavy atom. The van der Waals surface area contributed by atoms with Crippen molar-refractivity contribution in [1.82, 2.24) is 0 Å². The fraction of sp³-hybridized carbons (Fsp3) is 0.700. The predicted molar refractivity (Wildman–Crippen MR) is 60.6 cm³/mol. The third kappa shape index (κ3) is 5.11. The Morgan fingerprint density at radius 2 is 2.13 bits per heavy atom. The molecule has 0 aliphatic heterocycles. The quantitative estimate of drug-likeness (QED) is 0.363. The lowest BCUT2D eigenvalue weighted by molar-refractivity contribution is -0.136. The average molecular weight is 232 g/mol. The Balaban J connectivity index is 4.31. The van der Waals surface area contributed by atoms with Crippen molar-refractivity contribution in [2.24, 2.45) is 0 Å². The first-order chi connectivity index (χ1) is 7.14. The molecule has 88 valence electrons. The van der Waals surface area contributed by atoms with E-state index in [1.807, 2.05) is 6.92 Å². The van der Waals surface area contributed by atoms with Gasteiger partial charge in [0.15, 0.2) is 0 Å². The summed E-state index contributed by atoms with van der Waals surface area (Å²) >= 11 is 0. The van der Waals surface area contributed by atoms with Crippen LogP contribution in [0.5, 0.6) is 0 Å². The van der Waals surface area contributed by atoms with Crippen LogP contribution < -0.4 is 0 Å². The van der Waals surface area contributed by atoms with Gasteiger partial charge in [0.2, 0.25) is 0 Å². The predicted octanol–water partition coefficient (Wildman–Crippen LogP) is 1.79. The summed E-state index contributed by atoms with van der Waals surface area (Å²) in [5, 5.41) is 0. The van der Waals surface area contributed by atoms with Crippen molar-refractivity contribution >= 4 is 14.5 Å². The Morgan fingerprint density at radius 1 is 1.47 bits per heavy atom. The molecule has 15 heavy (non-hydrogen) atoms. The van der Waals surface area contributed by atoms with Crippen molar-refractivity contribution in [2.45, 2.75) is 26.3 Å².